The van der Waals surface area contributed by atoms with Gasteiger partial charge in [0.15, 0.2) is 9.84 Å². The van der Waals surface area contributed by atoms with Crippen LogP contribution in [0.15, 0.2) is 29.8 Å². The van der Waals surface area contributed by atoms with Crippen LogP contribution >= 0.6 is 11.6 Å². The molecule has 1 rings (SSSR count). The topological polar surface area (TPSA) is 87.0 Å². The molecule has 1 amide bonds. The second kappa shape index (κ2) is 7.81. The number of rotatable bonds is 6. The Morgan fingerprint density at radius 1 is 1.38 bits per heavy atom. The SMILES string of the molecule is CNC(=O)/C(=C/c1ccc(Cl)cc1)CS(=O)(=O)CCC#N. The minimum Gasteiger partial charge on any atom is -0.355 e. The summed E-state index contributed by atoms with van der Waals surface area (Å²) in [5, 5.41) is 11.4. The molecule has 0 aromatic heterocycles. The Kier molecular flexibility index (Phi) is 6.40. The number of nitrogens with one attached hydrogen (secondary N) is 1. The molecule has 0 fully saturated rings. The van der Waals surface area contributed by atoms with Gasteiger partial charge in [0.05, 0.1) is 17.6 Å². The number of hydrogen-bond acceptors (Lipinski definition) is 4. The number of sulfone groups is 1. The summed E-state index contributed by atoms with van der Waals surface area (Å²) in [4.78, 5) is 11.8. The summed E-state index contributed by atoms with van der Waals surface area (Å²) >= 11 is 5.78. The largest absolute Gasteiger partial charge is 0.355 e. The van der Waals surface area contributed by atoms with Crippen LogP contribution in [0.2, 0.25) is 5.02 Å². The monoisotopic (exact) mass is 326 g/mol. The standard InChI is InChI=1S/C14H15ClN2O3S/c1-17-14(18)12(10-21(19,20)8-2-7-16)9-11-3-5-13(15)6-4-11/h3-6,9H,2,8,10H2,1H3,(H,17,18)/b12-9+. The molecule has 1 N–H and O–H groups in total. The van der Waals surface area contributed by atoms with Gasteiger partial charge in [-0.25, -0.2) is 8.42 Å². The third-order valence-electron chi connectivity index (χ3n) is 2.63. The number of hydrogen-bond donors (Lipinski definition) is 1. The number of amides is 1. The number of carbonyl (C=O) groups excluding carboxylic acids is 1. The van der Waals surface area contributed by atoms with Gasteiger partial charge in [-0.05, 0) is 23.8 Å². The van der Waals surface area contributed by atoms with Gasteiger partial charge in [0.2, 0.25) is 5.91 Å². The first-order valence-electron chi connectivity index (χ1n) is 6.13. The third-order valence-corrected chi connectivity index (χ3v) is 4.46. The maximum Gasteiger partial charge on any atom is 0.248 e. The van der Waals surface area contributed by atoms with Gasteiger partial charge >= 0.3 is 0 Å². The average Bonchev–Trinajstić information content (AvgIpc) is 2.45. The van der Waals surface area contributed by atoms with Gasteiger partial charge in [-0.3, -0.25) is 4.79 Å². The molecule has 0 unspecified atom stereocenters. The van der Waals surface area contributed by atoms with Gasteiger partial charge in [-0.1, -0.05) is 23.7 Å². The van der Waals surface area contributed by atoms with E-state index < -0.39 is 21.5 Å². The molecule has 112 valence electrons. The van der Waals surface area contributed by atoms with E-state index in [4.69, 9.17) is 16.9 Å². The minimum atomic E-state index is -3.50. The normalized spacial score (nSPS) is 11.8. The van der Waals surface area contributed by atoms with Crippen LogP contribution in [0.3, 0.4) is 0 Å². The van der Waals surface area contributed by atoms with Crippen LogP contribution in [-0.4, -0.2) is 32.9 Å². The van der Waals surface area contributed by atoms with Crippen molar-refractivity contribution in [2.24, 2.45) is 0 Å². The maximum atomic E-state index is 11.9. The van der Waals surface area contributed by atoms with Gasteiger partial charge < -0.3 is 5.32 Å². The Balaban J connectivity index is 3.04. The molecule has 0 aliphatic rings. The Bertz CT molecular complexity index is 673. The van der Waals surface area contributed by atoms with Crippen molar-refractivity contribution in [3.8, 4) is 6.07 Å². The molecule has 0 bridgehead atoms. The van der Waals surface area contributed by atoms with Crippen molar-refractivity contribution in [1.29, 1.82) is 5.26 Å². The number of nitriles is 1. The highest BCUT2D eigenvalue weighted by atomic mass is 35.5. The van der Waals surface area contributed by atoms with E-state index in [1.165, 1.54) is 13.1 Å². The maximum absolute atomic E-state index is 11.9. The molecule has 5 nitrogen and oxygen atoms in total. The molecule has 1 aromatic carbocycles. The molecule has 0 atom stereocenters. The van der Waals surface area contributed by atoms with Crippen LogP contribution in [0.25, 0.3) is 6.08 Å². The van der Waals surface area contributed by atoms with E-state index in [0.717, 1.165) is 0 Å². The second-order valence-electron chi connectivity index (χ2n) is 4.30. The van der Waals surface area contributed by atoms with Crippen LogP contribution in [0.5, 0.6) is 0 Å². The molecule has 21 heavy (non-hydrogen) atoms. The summed E-state index contributed by atoms with van der Waals surface area (Å²) in [6.07, 6.45) is 1.41. The number of likely N-dealkylation sites (N-methyl/N-ethyl adjacent to an activating group) is 1. The second-order valence-corrected chi connectivity index (χ2v) is 6.92. The van der Waals surface area contributed by atoms with Crippen molar-refractivity contribution < 1.29 is 13.2 Å². The van der Waals surface area contributed by atoms with Gasteiger partial charge in [0, 0.05) is 24.1 Å². The molecule has 0 saturated carbocycles. The number of benzene rings is 1. The van der Waals surface area contributed by atoms with Crippen LogP contribution in [0.1, 0.15) is 12.0 Å². The van der Waals surface area contributed by atoms with Crippen molar-refractivity contribution >= 4 is 33.4 Å². The zero-order chi connectivity index (χ0) is 15.9. The van der Waals surface area contributed by atoms with Crippen molar-refractivity contribution in [2.75, 3.05) is 18.6 Å². The Morgan fingerprint density at radius 3 is 2.52 bits per heavy atom. The van der Waals surface area contributed by atoms with E-state index in [0.29, 0.717) is 10.6 Å². The highest BCUT2D eigenvalue weighted by Gasteiger charge is 2.18. The molecule has 7 heteroatoms. The van der Waals surface area contributed by atoms with Gasteiger partial charge in [0.1, 0.15) is 0 Å². The average molecular weight is 327 g/mol. The lowest BCUT2D eigenvalue weighted by Gasteiger charge is -2.07. The quantitative estimate of drug-likeness (QED) is 0.807. The molecule has 0 aliphatic carbocycles. The molecule has 0 saturated heterocycles. The lowest BCUT2D eigenvalue weighted by atomic mass is 10.1. The fraction of sp³-hybridized carbons (Fsp3) is 0.286. The lowest BCUT2D eigenvalue weighted by molar-refractivity contribution is -0.116. The Morgan fingerprint density at radius 2 is 2.00 bits per heavy atom. The highest BCUT2D eigenvalue weighted by Crippen LogP contribution is 2.14. The summed E-state index contributed by atoms with van der Waals surface area (Å²) in [6.45, 7) is 0. The molecule has 0 heterocycles. The first kappa shape index (κ1) is 17.2. The summed E-state index contributed by atoms with van der Waals surface area (Å²) in [5.41, 5.74) is 0.797. The first-order chi connectivity index (χ1) is 9.88. The van der Waals surface area contributed by atoms with E-state index in [2.05, 4.69) is 5.32 Å². The fourth-order valence-corrected chi connectivity index (χ4v) is 2.96. The fourth-order valence-electron chi connectivity index (χ4n) is 1.60. The van der Waals surface area contributed by atoms with E-state index in [1.54, 1.807) is 30.3 Å². The van der Waals surface area contributed by atoms with E-state index in [-0.39, 0.29) is 17.7 Å². The molecule has 0 spiro atoms. The van der Waals surface area contributed by atoms with E-state index >= 15 is 0 Å². The predicted molar refractivity (Wildman–Crippen MR) is 82.4 cm³/mol. The number of carbonyl (C=O) groups is 1. The molecular formula is C14H15ClN2O3S. The van der Waals surface area contributed by atoms with Gasteiger partial charge in [0.25, 0.3) is 0 Å². The van der Waals surface area contributed by atoms with Gasteiger partial charge in [-0.2, -0.15) is 5.26 Å². The summed E-state index contributed by atoms with van der Waals surface area (Å²) in [7, 11) is -2.07. The molecule has 0 aliphatic heterocycles. The third kappa shape index (κ3) is 5.98. The Hall–Kier alpha value is -1.84. The van der Waals surface area contributed by atoms with E-state index in [9.17, 15) is 13.2 Å². The zero-order valence-corrected chi connectivity index (χ0v) is 13.0. The molecule has 0 radical (unpaired) electrons. The van der Waals surface area contributed by atoms with Crippen LogP contribution in [-0.2, 0) is 14.6 Å². The summed E-state index contributed by atoms with van der Waals surface area (Å²) in [6, 6.07) is 8.46. The van der Waals surface area contributed by atoms with Gasteiger partial charge in [-0.15, -0.1) is 0 Å². The first-order valence-corrected chi connectivity index (χ1v) is 8.33. The van der Waals surface area contributed by atoms with E-state index in [1.807, 2.05) is 0 Å². The molecular weight excluding hydrogens is 312 g/mol. The highest BCUT2D eigenvalue weighted by molar-refractivity contribution is 7.91. The number of halogens is 1. The van der Waals surface area contributed by atoms with Crippen LogP contribution in [0, 0.1) is 11.3 Å². The lowest BCUT2D eigenvalue weighted by Crippen LogP contribution is -2.25. The van der Waals surface area contributed by atoms with Crippen molar-refractivity contribution in [1.82, 2.24) is 5.32 Å². The minimum absolute atomic E-state index is 0.0930. The predicted octanol–water partition coefficient (Wildman–Crippen LogP) is 1.80. The number of nitrogens with zero attached hydrogens (tertiary/aromatic N) is 1. The smallest absolute Gasteiger partial charge is 0.248 e. The Labute approximate surface area is 129 Å². The summed E-state index contributed by atoms with van der Waals surface area (Å²) in [5.74, 6) is -1.14. The zero-order valence-electron chi connectivity index (χ0n) is 11.5. The van der Waals surface area contributed by atoms with Crippen molar-refractivity contribution in [2.45, 2.75) is 6.42 Å². The van der Waals surface area contributed by atoms with Crippen molar-refractivity contribution in [3.05, 3.63) is 40.4 Å². The van der Waals surface area contributed by atoms with Crippen LogP contribution < -0.4 is 5.32 Å². The summed E-state index contributed by atoms with van der Waals surface area (Å²) < 4.78 is 23.7. The molecule has 1 aromatic rings. The van der Waals surface area contributed by atoms with Crippen molar-refractivity contribution in [3.63, 3.8) is 0 Å². The van der Waals surface area contributed by atoms with Crippen LogP contribution in [0.4, 0.5) is 0 Å².